The van der Waals surface area contributed by atoms with Crippen LogP contribution >= 0.6 is 11.6 Å². The molecule has 6 nitrogen and oxygen atoms in total. The van der Waals surface area contributed by atoms with Crippen molar-refractivity contribution >= 4 is 35.2 Å². The van der Waals surface area contributed by atoms with Gasteiger partial charge in [0.15, 0.2) is 11.5 Å². The summed E-state index contributed by atoms with van der Waals surface area (Å²) in [6, 6.07) is 12.1. The Hall–Kier alpha value is -2.99. The lowest BCUT2D eigenvalue weighted by Gasteiger charge is -2.19. The molecule has 0 heterocycles. The van der Waals surface area contributed by atoms with E-state index in [4.69, 9.17) is 21.1 Å². The number of carbonyl (C=O) groups is 2. The van der Waals surface area contributed by atoms with Crippen molar-refractivity contribution in [3.8, 4) is 11.5 Å². The molecule has 29 heavy (non-hydrogen) atoms. The van der Waals surface area contributed by atoms with Crippen LogP contribution in [0.3, 0.4) is 0 Å². The average Bonchev–Trinajstić information content (AvgIpc) is 2.68. The van der Waals surface area contributed by atoms with Crippen molar-refractivity contribution in [1.29, 1.82) is 0 Å². The number of anilines is 1. The summed E-state index contributed by atoms with van der Waals surface area (Å²) in [5.41, 5.74) is 0.502. The number of methoxy groups -OCH3 is 2. The van der Waals surface area contributed by atoms with Crippen LogP contribution in [0.15, 0.2) is 48.2 Å². The van der Waals surface area contributed by atoms with Crippen LogP contribution in [0.2, 0.25) is 5.02 Å². The molecule has 0 aliphatic carbocycles. The highest BCUT2D eigenvalue weighted by Gasteiger charge is 2.24. The first-order valence-electron chi connectivity index (χ1n) is 8.96. The van der Waals surface area contributed by atoms with E-state index in [1.54, 1.807) is 76.4 Å². The first kappa shape index (κ1) is 22.3. The quantitative estimate of drug-likeness (QED) is 0.680. The van der Waals surface area contributed by atoms with Crippen LogP contribution in [-0.4, -0.2) is 26.0 Å². The smallest absolute Gasteiger partial charge is 0.272 e. The number of rotatable bonds is 6. The van der Waals surface area contributed by atoms with Gasteiger partial charge in [-0.1, -0.05) is 50.6 Å². The number of nitrogens with one attached hydrogen (secondary N) is 2. The first-order valence-corrected chi connectivity index (χ1v) is 9.34. The van der Waals surface area contributed by atoms with E-state index in [9.17, 15) is 9.59 Å². The molecular weight excluding hydrogens is 392 g/mol. The lowest BCUT2D eigenvalue weighted by Crippen LogP contribution is -2.38. The molecule has 0 aliphatic heterocycles. The van der Waals surface area contributed by atoms with E-state index in [0.717, 1.165) is 0 Å². The van der Waals surface area contributed by atoms with Crippen LogP contribution < -0.4 is 20.1 Å². The van der Waals surface area contributed by atoms with Gasteiger partial charge in [0.1, 0.15) is 5.70 Å². The van der Waals surface area contributed by atoms with Crippen molar-refractivity contribution in [2.45, 2.75) is 20.8 Å². The lowest BCUT2D eigenvalue weighted by molar-refractivity contribution is -0.128. The molecule has 0 aromatic heterocycles. The van der Waals surface area contributed by atoms with Crippen molar-refractivity contribution in [2.75, 3.05) is 19.5 Å². The second-order valence-corrected chi connectivity index (χ2v) is 7.72. The molecule has 0 saturated carbocycles. The topological polar surface area (TPSA) is 76.7 Å². The van der Waals surface area contributed by atoms with E-state index < -0.39 is 11.3 Å². The van der Waals surface area contributed by atoms with Gasteiger partial charge in [0, 0.05) is 5.41 Å². The Kier molecular flexibility index (Phi) is 7.29. The molecule has 0 radical (unpaired) electrons. The maximum absolute atomic E-state index is 12.9. The Balaban J connectivity index is 2.41. The van der Waals surface area contributed by atoms with Gasteiger partial charge in [0.2, 0.25) is 5.91 Å². The predicted octanol–water partition coefficient (Wildman–Crippen LogP) is 4.50. The molecule has 0 saturated heterocycles. The van der Waals surface area contributed by atoms with Crippen LogP contribution in [0.5, 0.6) is 11.5 Å². The van der Waals surface area contributed by atoms with Gasteiger partial charge in [0.25, 0.3) is 5.91 Å². The molecule has 0 atom stereocenters. The molecule has 154 valence electrons. The third-order valence-electron chi connectivity index (χ3n) is 4.01. The number of ether oxygens (including phenoxy) is 2. The molecule has 2 amide bonds. The fourth-order valence-electron chi connectivity index (χ4n) is 2.33. The zero-order valence-corrected chi connectivity index (χ0v) is 17.9. The van der Waals surface area contributed by atoms with Crippen molar-refractivity contribution < 1.29 is 19.1 Å². The number of carbonyl (C=O) groups excluding carboxylic acids is 2. The number of amides is 2. The van der Waals surface area contributed by atoms with Gasteiger partial charge in [-0.25, -0.2) is 0 Å². The Morgan fingerprint density at radius 1 is 1.00 bits per heavy atom. The number of para-hydroxylation sites is 1. The third-order valence-corrected chi connectivity index (χ3v) is 4.34. The largest absolute Gasteiger partial charge is 0.493 e. The monoisotopic (exact) mass is 416 g/mol. The maximum Gasteiger partial charge on any atom is 0.272 e. The molecule has 2 aromatic carbocycles. The fraction of sp³-hybridized carbons (Fsp3) is 0.273. The summed E-state index contributed by atoms with van der Waals surface area (Å²) in [5, 5.41) is 5.83. The third kappa shape index (κ3) is 5.99. The Bertz CT molecular complexity index is 933. The second kappa shape index (κ2) is 9.47. The van der Waals surface area contributed by atoms with Crippen LogP contribution in [0, 0.1) is 5.41 Å². The van der Waals surface area contributed by atoms with Crippen LogP contribution in [-0.2, 0) is 9.59 Å². The van der Waals surface area contributed by atoms with Gasteiger partial charge in [-0.2, -0.15) is 0 Å². The number of benzene rings is 2. The van der Waals surface area contributed by atoms with Crippen molar-refractivity contribution in [2.24, 2.45) is 5.41 Å². The van der Waals surface area contributed by atoms with Gasteiger partial charge in [0.05, 0.1) is 24.9 Å². The molecule has 2 aromatic rings. The summed E-state index contributed by atoms with van der Waals surface area (Å²) in [6.07, 6.45) is 1.57. The van der Waals surface area contributed by atoms with Crippen molar-refractivity contribution in [3.05, 3.63) is 58.7 Å². The summed E-state index contributed by atoms with van der Waals surface area (Å²) >= 11 is 6.13. The minimum atomic E-state index is -0.679. The highest BCUT2D eigenvalue weighted by molar-refractivity contribution is 6.34. The van der Waals surface area contributed by atoms with Crippen LogP contribution in [0.1, 0.15) is 26.3 Å². The van der Waals surface area contributed by atoms with E-state index >= 15 is 0 Å². The molecule has 2 rings (SSSR count). The highest BCUT2D eigenvalue weighted by Crippen LogP contribution is 2.28. The summed E-state index contributed by atoms with van der Waals surface area (Å²) in [4.78, 5) is 25.4. The molecule has 0 aliphatic rings. The molecule has 0 unspecified atom stereocenters. The zero-order valence-electron chi connectivity index (χ0n) is 17.1. The van der Waals surface area contributed by atoms with Gasteiger partial charge in [-0.05, 0) is 35.9 Å². The van der Waals surface area contributed by atoms with E-state index in [-0.39, 0.29) is 11.6 Å². The molecule has 0 bridgehead atoms. The number of halogens is 1. The van der Waals surface area contributed by atoms with Gasteiger partial charge >= 0.3 is 0 Å². The SMILES string of the molecule is COc1ccc(/C=C(/NC(=O)C(C)(C)C)C(=O)Nc2ccccc2Cl)cc1OC. The standard InChI is InChI=1S/C22H25ClN2O4/c1-22(2,3)21(27)25-17(20(26)24-16-9-7-6-8-15(16)23)12-14-10-11-18(28-4)19(13-14)29-5/h6-13H,1-5H3,(H,24,26)(H,25,27)/b17-12+. The molecule has 2 N–H and O–H groups in total. The fourth-order valence-corrected chi connectivity index (χ4v) is 2.51. The van der Waals surface area contributed by atoms with E-state index in [2.05, 4.69) is 10.6 Å². The minimum Gasteiger partial charge on any atom is -0.493 e. The van der Waals surface area contributed by atoms with E-state index in [1.807, 2.05) is 0 Å². The molecular formula is C22H25ClN2O4. The van der Waals surface area contributed by atoms with Gasteiger partial charge in [-0.3, -0.25) is 9.59 Å². The Morgan fingerprint density at radius 3 is 2.24 bits per heavy atom. The van der Waals surface area contributed by atoms with Crippen molar-refractivity contribution in [3.63, 3.8) is 0 Å². The Labute approximate surface area is 175 Å². The van der Waals surface area contributed by atoms with E-state index in [0.29, 0.717) is 27.8 Å². The maximum atomic E-state index is 12.9. The van der Waals surface area contributed by atoms with Crippen molar-refractivity contribution in [1.82, 2.24) is 5.32 Å². The summed E-state index contributed by atoms with van der Waals surface area (Å²) < 4.78 is 10.5. The van der Waals surface area contributed by atoms with E-state index in [1.165, 1.54) is 7.11 Å². The number of hydrogen-bond donors (Lipinski definition) is 2. The number of hydrogen-bond acceptors (Lipinski definition) is 4. The zero-order chi connectivity index (χ0) is 21.6. The normalized spacial score (nSPS) is 11.6. The molecule has 0 spiro atoms. The Morgan fingerprint density at radius 2 is 1.66 bits per heavy atom. The minimum absolute atomic E-state index is 0.0806. The van der Waals surface area contributed by atoms with Crippen LogP contribution in [0.25, 0.3) is 6.08 Å². The molecule has 7 heteroatoms. The highest BCUT2D eigenvalue weighted by atomic mass is 35.5. The van der Waals surface area contributed by atoms with Gasteiger partial charge < -0.3 is 20.1 Å². The van der Waals surface area contributed by atoms with Crippen LogP contribution in [0.4, 0.5) is 5.69 Å². The molecule has 0 fully saturated rings. The van der Waals surface area contributed by atoms with Gasteiger partial charge in [-0.15, -0.1) is 0 Å². The lowest BCUT2D eigenvalue weighted by atomic mass is 9.95. The second-order valence-electron chi connectivity index (χ2n) is 7.31. The first-order chi connectivity index (χ1) is 13.7. The summed E-state index contributed by atoms with van der Waals surface area (Å²) in [7, 11) is 3.07. The summed E-state index contributed by atoms with van der Waals surface area (Å²) in [5.74, 6) is 0.281. The predicted molar refractivity (Wildman–Crippen MR) is 115 cm³/mol. The summed E-state index contributed by atoms with van der Waals surface area (Å²) in [6.45, 7) is 5.30. The average molecular weight is 417 g/mol.